The van der Waals surface area contributed by atoms with Crippen LogP contribution in [0.2, 0.25) is 0 Å². The van der Waals surface area contributed by atoms with Gasteiger partial charge in [-0.3, -0.25) is 0 Å². The summed E-state index contributed by atoms with van der Waals surface area (Å²) < 4.78 is 6.48. The molecule has 10 aromatic rings. The molecule has 0 aliphatic heterocycles. The fourth-order valence-electron chi connectivity index (χ4n) is 7.60. The zero-order chi connectivity index (χ0) is 31.6. The quantitative estimate of drug-likeness (QED) is 0.184. The van der Waals surface area contributed by atoms with Crippen LogP contribution in [-0.4, -0.2) is 0 Å². The van der Waals surface area contributed by atoms with E-state index in [0.717, 1.165) is 33.6 Å². The maximum absolute atomic E-state index is 6.48. The van der Waals surface area contributed by atoms with Gasteiger partial charge in [-0.1, -0.05) is 121 Å². The standard InChI is InChI=1S/C46H29NO/c1-2-13-34(14-3-1)47(36-24-26-41-44(29-36)48-43-27-21-31-11-5-8-16-38(31)46(41)43)35-22-18-32(19-23-35)42-28-33-12-6-9-17-39(33)45-37-15-7-4-10-30(37)20-25-40(42)45/h1-29H. The van der Waals surface area contributed by atoms with Gasteiger partial charge in [-0.2, -0.15) is 0 Å². The molecule has 48 heavy (non-hydrogen) atoms. The van der Waals surface area contributed by atoms with Crippen LogP contribution in [0.1, 0.15) is 0 Å². The van der Waals surface area contributed by atoms with Crippen LogP contribution in [0.5, 0.6) is 0 Å². The number of hydrogen-bond donors (Lipinski definition) is 0. The first-order valence-corrected chi connectivity index (χ1v) is 16.4. The molecule has 2 heteroatoms. The Morgan fingerprint density at radius 3 is 1.65 bits per heavy atom. The highest BCUT2D eigenvalue weighted by Crippen LogP contribution is 2.42. The first kappa shape index (κ1) is 26.8. The lowest BCUT2D eigenvalue weighted by molar-refractivity contribution is 0.669. The van der Waals surface area contributed by atoms with Crippen molar-refractivity contribution in [1.29, 1.82) is 0 Å². The van der Waals surface area contributed by atoms with Crippen molar-refractivity contribution in [2.24, 2.45) is 0 Å². The molecule has 224 valence electrons. The van der Waals surface area contributed by atoms with Crippen LogP contribution in [0.15, 0.2) is 180 Å². The number of nitrogens with zero attached hydrogens (tertiary/aromatic N) is 1. The zero-order valence-corrected chi connectivity index (χ0v) is 26.1. The summed E-state index contributed by atoms with van der Waals surface area (Å²) in [5.74, 6) is 0. The molecule has 0 saturated carbocycles. The van der Waals surface area contributed by atoms with E-state index < -0.39 is 0 Å². The second-order valence-electron chi connectivity index (χ2n) is 12.5. The van der Waals surface area contributed by atoms with Crippen molar-refractivity contribution < 1.29 is 4.42 Å². The van der Waals surface area contributed by atoms with Gasteiger partial charge in [0.25, 0.3) is 0 Å². The third kappa shape index (κ3) is 4.13. The van der Waals surface area contributed by atoms with Crippen LogP contribution < -0.4 is 4.90 Å². The van der Waals surface area contributed by atoms with E-state index in [4.69, 9.17) is 4.42 Å². The second-order valence-corrected chi connectivity index (χ2v) is 12.5. The maximum atomic E-state index is 6.48. The highest BCUT2D eigenvalue weighted by atomic mass is 16.3. The van der Waals surface area contributed by atoms with Crippen molar-refractivity contribution in [2.75, 3.05) is 4.90 Å². The van der Waals surface area contributed by atoms with Crippen molar-refractivity contribution in [3.63, 3.8) is 0 Å². The largest absolute Gasteiger partial charge is 0.456 e. The number of anilines is 3. The molecule has 0 aliphatic rings. The average Bonchev–Trinajstić information content (AvgIpc) is 3.54. The fraction of sp³-hybridized carbons (Fsp3) is 0. The summed E-state index contributed by atoms with van der Waals surface area (Å²) in [6.07, 6.45) is 0. The zero-order valence-electron chi connectivity index (χ0n) is 26.1. The number of furan rings is 1. The number of fused-ring (bicyclic) bond motifs is 10. The Morgan fingerprint density at radius 2 is 0.896 bits per heavy atom. The van der Waals surface area contributed by atoms with E-state index in [1.165, 1.54) is 59.6 Å². The predicted octanol–water partition coefficient (Wildman–Crippen LogP) is 13.3. The normalized spacial score (nSPS) is 11.8. The Morgan fingerprint density at radius 1 is 0.333 bits per heavy atom. The lowest BCUT2D eigenvalue weighted by Crippen LogP contribution is -2.09. The van der Waals surface area contributed by atoms with E-state index in [-0.39, 0.29) is 0 Å². The van der Waals surface area contributed by atoms with E-state index in [1.807, 2.05) is 0 Å². The molecule has 0 radical (unpaired) electrons. The smallest absolute Gasteiger partial charge is 0.137 e. The summed E-state index contributed by atoms with van der Waals surface area (Å²) in [7, 11) is 0. The van der Waals surface area contributed by atoms with Gasteiger partial charge in [0.1, 0.15) is 11.2 Å². The summed E-state index contributed by atoms with van der Waals surface area (Å²) in [6, 6.07) is 63.2. The summed E-state index contributed by atoms with van der Waals surface area (Å²) in [6.45, 7) is 0. The van der Waals surface area contributed by atoms with Crippen molar-refractivity contribution in [3.8, 4) is 11.1 Å². The topological polar surface area (TPSA) is 16.4 Å². The second kappa shape index (κ2) is 10.6. The Hall–Kier alpha value is -6.38. The highest BCUT2D eigenvalue weighted by molar-refractivity contribution is 6.24. The number of rotatable bonds is 4. The minimum atomic E-state index is 0.881. The lowest BCUT2D eigenvalue weighted by Gasteiger charge is -2.25. The van der Waals surface area contributed by atoms with E-state index in [2.05, 4.69) is 181 Å². The van der Waals surface area contributed by atoms with Crippen molar-refractivity contribution in [3.05, 3.63) is 176 Å². The first-order chi connectivity index (χ1) is 23.8. The van der Waals surface area contributed by atoms with E-state index in [1.54, 1.807) is 0 Å². The molecular weight excluding hydrogens is 583 g/mol. The lowest BCUT2D eigenvalue weighted by atomic mass is 9.90. The van der Waals surface area contributed by atoms with Gasteiger partial charge in [-0.05, 0) is 103 Å². The van der Waals surface area contributed by atoms with Crippen molar-refractivity contribution in [2.45, 2.75) is 0 Å². The minimum absolute atomic E-state index is 0.881. The molecule has 9 aromatic carbocycles. The molecule has 0 atom stereocenters. The maximum Gasteiger partial charge on any atom is 0.137 e. The number of para-hydroxylation sites is 1. The molecule has 0 fully saturated rings. The van der Waals surface area contributed by atoms with Crippen LogP contribution in [0, 0.1) is 0 Å². The van der Waals surface area contributed by atoms with E-state index >= 15 is 0 Å². The molecular formula is C46H29NO. The first-order valence-electron chi connectivity index (χ1n) is 16.4. The van der Waals surface area contributed by atoms with E-state index in [0.29, 0.717) is 0 Å². The van der Waals surface area contributed by atoms with Gasteiger partial charge >= 0.3 is 0 Å². The molecule has 0 bridgehead atoms. The third-order valence-electron chi connectivity index (χ3n) is 9.80. The van der Waals surface area contributed by atoms with Gasteiger partial charge < -0.3 is 9.32 Å². The van der Waals surface area contributed by atoms with Gasteiger partial charge in [0.15, 0.2) is 0 Å². The monoisotopic (exact) mass is 611 g/mol. The van der Waals surface area contributed by atoms with Crippen LogP contribution in [0.4, 0.5) is 17.1 Å². The van der Waals surface area contributed by atoms with Crippen LogP contribution in [0.3, 0.4) is 0 Å². The molecule has 0 aliphatic carbocycles. The number of benzene rings is 9. The third-order valence-corrected chi connectivity index (χ3v) is 9.80. The summed E-state index contributed by atoms with van der Waals surface area (Å²) in [4.78, 5) is 2.31. The van der Waals surface area contributed by atoms with Crippen molar-refractivity contribution in [1.82, 2.24) is 0 Å². The Bertz CT molecular complexity index is 2810. The molecule has 2 nitrogen and oxygen atoms in total. The fourth-order valence-corrected chi connectivity index (χ4v) is 7.60. The molecule has 1 aromatic heterocycles. The van der Waals surface area contributed by atoms with Gasteiger partial charge in [0, 0.05) is 33.9 Å². The Kier molecular flexibility index (Phi) is 5.91. The summed E-state index contributed by atoms with van der Waals surface area (Å²) in [5.41, 5.74) is 7.45. The van der Waals surface area contributed by atoms with Crippen LogP contribution in [0.25, 0.3) is 76.2 Å². The Balaban J connectivity index is 1.13. The minimum Gasteiger partial charge on any atom is -0.456 e. The molecule has 1 heterocycles. The van der Waals surface area contributed by atoms with Gasteiger partial charge in [0.05, 0.1) is 0 Å². The average molecular weight is 612 g/mol. The predicted molar refractivity (Wildman–Crippen MR) is 204 cm³/mol. The molecule has 0 N–H and O–H groups in total. The van der Waals surface area contributed by atoms with E-state index in [9.17, 15) is 0 Å². The molecule has 10 rings (SSSR count). The number of hydrogen-bond acceptors (Lipinski definition) is 2. The molecule has 0 spiro atoms. The van der Waals surface area contributed by atoms with Gasteiger partial charge in [0.2, 0.25) is 0 Å². The van der Waals surface area contributed by atoms with Crippen LogP contribution >= 0.6 is 0 Å². The summed E-state index contributed by atoms with van der Waals surface area (Å²) in [5, 5.41) is 12.4. The Labute approximate surface area is 277 Å². The van der Waals surface area contributed by atoms with Gasteiger partial charge in [-0.25, -0.2) is 0 Å². The SMILES string of the molecule is c1ccc(N(c2ccc(-c3cc4ccccc4c4c3ccc3ccccc34)cc2)c2ccc3c(c2)oc2ccc4ccccc4c23)cc1. The van der Waals surface area contributed by atoms with Gasteiger partial charge in [-0.15, -0.1) is 0 Å². The molecule has 0 saturated heterocycles. The molecule has 0 unspecified atom stereocenters. The highest BCUT2D eigenvalue weighted by Gasteiger charge is 2.17. The molecule has 0 amide bonds. The van der Waals surface area contributed by atoms with Crippen molar-refractivity contribution >= 4 is 82.1 Å². The summed E-state index contributed by atoms with van der Waals surface area (Å²) >= 11 is 0. The van der Waals surface area contributed by atoms with Crippen LogP contribution in [-0.2, 0) is 0 Å².